The number of rotatable bonds is 0. The molecule has 0 spiro atoms. The van der Waals surface area contributed by atoms with Gasteiger partial charge in [-0.1, -0.05) is 23.3 Å². The fourth-order valence-corrected chi connectivity index (χ4v) is 1.23. The molecule has 0 heterocycles. The first-order valence-corrected chi connectivity index (χ1v) is 3.63. The SMILES string of the molecule is CC1=CCCCC(C)=C1. The third kappa shape index (κ3) is 2.05. The van der Waals surface area contributed by atoms with Crippen LogP contribution in [0.2, 0.25) is 0 Å². The molecule has 0 amide bonds. The topological polar surface area (TPSA) is 0 Å². The molecular weight excluding hydrogens is 108 g/mol. The summed E-state index contributed by atoms with van der Waals surface area (Å²) < 4.78 is 0. The molecule has 0 aromatic rings. The van der Waals surface area contributed by atoms with Crippen molar-refractivity contribution < 1.29 is 0 Å². The average molecular weight is 122 g/mol. The molecule has 0 aromatic carbocycles. The summed E-state index contributed by atoms with van der Waals surface area (Å²) in [4.78, 5) is 0. The molecular formula is C9H14. The van der Waals surface area contributed by atoms with Crippen LogP contribution in [-0.4, -0.2) is 0 Å². The molecule has 0 fully saturated rings. The Morgan fingerprint density at radius 1 is 1.33 bits per heavy atom. The summed E-state index contributed by atoms with van der Waals surface area (Å²) in [7, 11) is 0. The summed E-state index contributed by atoms with van der Waals surface area (Å²) in [6, 6.07) is 0. The van der Waals surface area contributed by atoms with Gasteiger partial charge in [0, 0.05) is 0 Å². The Morgan fingerprint density at radius 3 is 2.89 bits per heavy atom. The Bertz CT molecular complexity index is 149. The van der Waals surface area contributed by atoms with Crippen molar-refractivity contribution in [2.24, 2.45) is 0 Å². The first-order valence-electron chi connectivity index (χ1n) is 3.63. The van der Waals surface area contributed by atoms with Gasteiger partial charge in [-0.2, -0.15) is 0 Å². The van der Waals surface area contributed by atoms with Crippen molar-refractivity contribution in [3.63, 3.8) is 0 Å². The van der Waals surface area contributed by atoms with Crippen LogP contribution in [0.25, 0.3) is 0 Å². The van der Waals surface area contributed by atoms with Crippen LogP contribution < -0.4 is 0 Å². The van der Waals surface area contributed by atoms with E-state index in [0.717, 1.165) is 0 Å². The molecule has 0 radical (unpaired) electrons. The molecule has 1 rings (SSSR count). The third-order valence-electron chi connectivity index (χ3n) is 1.72. The normalized spacial score (nSPS) is 20.2. The number of allylic oxidation sites excluding steroid dienone is 4. The Kier molecular flexibility index (Phi) is 2.10. The third-order valence-corrected chi connectivity index (χ3v) is 1.72. The zero-order valence-electron chi connectivity index (χ0n) is 6.28. The Morgan fingerprint density at radius 2 is 2.11 bits per heavy atom. The van der Waals surface area contributed by atoms with Gasteiger partial charge in [-0.05, 0) is 33.1 Å². The molecule has 0 N–H and O–H groups in total. The van der Waals surface area contributed by atoms with Gasteiger partial charge in [-0.15, -0.1) is 0 Å². The molecule has 0 aromatic heterocycles. The maximum atomic E-state index is 2.32. The van der Waals surface area contributed by atoms with Crippen LogP contribution in [0.5, 0.6) is 0 Å². The Labute approximate surface area is 57.3 Å². The van der Waals surface area contributed by atoms with Gasteiger partial charge in [0.1, 0.15) is 0 Å². The maximum Gasteiger partial charge on any atom is -0.0317 e. The molecule has 9 heavy (non-hydrogen) atoms. The van der Waals surface area contributed by atoms with Gasteiger partial charge in [-0.3, -0.25) is 0 Å². The highest BCUT2D eigenvalue weighted by atomic mass is 14.0. The van der Waals surface area contributed by atoms with E-state index in [1.807, 2.05) is 0 Å². The number of hydrogen-bond donors (Lipinski definition) is 0. The standard InChI is InChI=1S/C9H14/c1-8-5-3-4-6-9(2)7-8/h5,7H,3-4,6H2,1-2H3. The monoisotopic (exact) mass is 122 g/mol. The van der Waals surface area contributed by atoms with E-state index >= 15 is 0 Å². The van der Waals surface area contributed by atoms with E-state index in [-0.39, 0.29) is 0 Å². The maximum absolute atomic E-state index is 2.32. The lowest BCUT2D eigenvalue weighted by atomic mass is 10.1. The fraction of sp³-hybridized carbons (Fsp3) is 0.556. The van der Waals surface area contributed by atoms with Crippen LogP contribution in [0.15, 0.2) is 23.3 Å². The zero-order chi connectivity index (χ0) is 6.69. The van der Waals surface area contributed by atoms with Gasteiger partial charge in [0.05, 0.1) is 0 Å². The van der Waals surface area contributed by atoms with Crippen molar-refractivity contribution in [1.82, 2.24) is 0 Å². The second-order valence-corrected chi connectivity index (χ2v) is 2.83. The smallest absolute Gasteiger partial charge is 0.0317 e. The van der Waals surface area contributed by atoms with Crippen molar-refractivity contribution in [1.29, 1.82) is 0 Å². The van der Waals surface area contributed by atoms with E-state index < -0.39 is 0 Å². The van der Waals surface area contributed by atoms with Gasteiger partial charge in [0.15, 0.2) is 0 Å². The lowest BCUT2D eigenvalue weighted by molar-refractivity contribution is 0.841. The summed E-state index contributed by atoms with van der Waals surface area (Å²) in [5.74, 6) is 0. The molecule has 0 bridgehead atoms. The summed E-state index contributed by atoms with van der Waals surface area (Å²) in [6.45, 7) is 4.39. The fourth-order valence-electron chi connectivity index (χ4n) is 1.23. The molecule has 0 saturated heterocycles. The molecule has 1 aliphatic carbocycles. The second kappa shape index (κ2) is 2.86. The lowest BCUT2D eigenvalue weighted by Crippen LogP contribution is -1.72. The van der Waals surface area contributed by atoms with E-state index in [1.165, 1.54) is 30.4 Å². The van der Waals surface area contributed by atoms with E-state index in [9.17, 15) is 0 Å². The van der Waals surface area contributed by atoms with Crippen LogP contribution in [0.4, 0.5) is 0 Å². The highest BCUT2D eigenvalue weighted by Gasteiger charge is 1.94. The highest BCUT2D eigenvalue weighted by Crippen LogP contribution is 2.15. The van der Waals surface area contributed by atoms with Crippen molar-refractivity contribution in [2.45, 2.75) is 33.1 Å². The molecule has 50 valence electrons. The van der Waals surface area contributed by atoms with E-state index in [1.54, 1.807) is 0 Å². The minimum Gasteiger partial charge on any atom is -0.0816 e. The van der Waals surface area contributed by atoms with E-state index in [2.05, 4.69) is 26.0 Å². The zero-order valence-corrected chi connectivity index (χ0v) is 6.28. The first kappa shape index (κ1) is 6.60. The van der Waals surface area contributed by atoms with Crippen LogP contribution in [0.3, 0.4) is 0 Å². The first-order chi connectivity index (χ1) is 4.29. The molecule has 0 atom stereocenters. The average Bonchev–Trinajstić information content (AvgIpc) is 1.93. The summed E-state index contributed by atoms with van der Waals surface area (Å²) in [5.41, 5.74) is 2.96. The Balaban J connectivity index is 2.67. The summed E-state index contributed by atoms with van der Waals surface area (Å²) >= 11 is 0. The molecule has 1 aliphatic rings. The molecule has 0 heteroatoms. The summed E-state index contributed by atoms with van der Waals surface area (Å²) in [5, 5.41) is 0. The minimum atomic E-state index is 1.26. The minimum absolute atomic E-state index is 1.26. The van der Waals surface area contributed by atoms with Gasteiger partial charge in [0.2, 0.25) is 0 Å². The largest absolute Gasteiger partial charge is 0.0816 e. The number of hydrogen-bond acceptors (Lipinski definition) is 0. The van der Waals surface area contributed by atoms with Gasteiger partial charge in [0.25, 0.3) is 0 Å². The molecule has 0 unspecified atom stereocenters. The van der Waals surface area contributed by atoms with Crippen LogP contribution in [0.1, 0.15) is 33.1 Å². The van der Waals surface area contributed by atoms with E-state index in [0.29, 0.717) is 0 Å². The predicted octanol–water partition coefficient (Wildman–Crippen LogP) is 3.06. The molecule has 0 aliphatic heterocycles. The Hall–Kier alpha value is -0.520. The lowest BCUT2D eigenvalue weighted by Gasteiger charge is -1.92. The second-order valence-electron chi connectivity index (χ2n) is 2.83. The van der Waals surface area contributed by atoms with Crippen molar-refractivity contribution >= 4 is 0 Å². The van der Waals surface area contributed by atoms with Crippen LogP contribution in [0, 0.1) is 0 Å². The van der Waals surface area contributed by atoms with Crippen LogP contribution >= 0.6 is 0 Å². The van der Waals surface area contributed by atoms with Crippen LogP contribution in [-0.2, 0) is 0 Å². The highest BCUT2D eigenvalue weighted by molar-refractivity contribution is 5.22. The van der Waals surface area contributed by atoms with Gasteiger partial charge in [-0.25, -0.2) is 0 Å². The molecule has 0 saturated carbocycles. The predicted molar refractivity (Wildman–Crippen MR) is 41.4 cm³/mol. The summed E-state index contributed by atoms with van der Waals surface area (Å²) in [6.07, 6.45) is 8.48. The van der Waals surface area contributed by atoms with Crippen molar-refractivity contribution in [2.75, 3.05) is 0 Å². The van der Waals surface area contributed by atoms with E-state index in [4.69, 9.17) is 0 Å². The van der Waals surface area contributed by atoms with Gasteiger partial charge < -0.3 is 0 Å². The van der Waals surface area contributed by atoms with Crippen molar-refractivity contribution in [3.8, 4) is 0 Å². The van der Waals surface area contributed by atoms with Crippen molar-refractivity contribution in [3.05, 3.63) is 23.3 Å². The molecule has 0 nitrogen and oxygen atoms in total. The van der Waals surface area contributed by atoms with Gasteiger partial charge >= 0.3 is 0 Å². The quantitative estimate of drug-likeness (QED) is 0.463.